The Morgan fingerprint density at radius 2 is 1.62 bits per heavy atom. The molecule has 7 heteroatoms. The number of carbonyl (C=O) groups excluding carboxylic acids is 2. The largest absolute Gasteiger partial charge is 0.444 e. The van der Waals surface area contributed by atoms with Crippen LogP contribution in [0.2, 0.25) is 0 Å². The first-order valence-corrected chi connectivity index (χ1v) is 13.5. The van der Waals surface area contributed by atoms with E-state index in [0.29, 0.717) is 25.2 Å². The quantitative estimate of drug-likeness (QED) is 0.406. The van der Waals surface area contributed by atoms with Crippen molar-refractivity contribution >= 4 is 12.0 Å². The minimum Gasteiger partial charge on any atom is -0.444 e. The molecule has 0 spiro atoms. The molecule has 37 heavy (non-hydrogen) atoms. The van der Waals surface area contributed by atoms with Gasteiger partial charge in [0.2, 0.25) is 5.91 Å². The van der Waals surface area contributed by atoms with Crippen molar-refractivity contribution in [1.29, 1.82) is 0 Å². The van der Waals surface area contributed by atoms with Crippen molar-refractivity contribution in [2.24, 2.45) is 11.8 Å². The van der Waals surface area contributed by atoms with Crippen molar-refractivity contribution in [3.8, 4) is 0 Å². The highest BCUT2D eigenvalue weighted by molar-refractivity contribution is 5.81. The number of carbonyl (C=O) groups is 2. The SMILES string of the molecule is CC(C)C[C@@H](/C=C/C(Cc1ccccc1)C(=O)NC1CC(C)(C)N([O])C(C)(C)C1)NC(=O)OC(C)(C)C. The van der Waals surface area contributed by atoms with Crippen LogP contribution in [-0.4, -0.2) is 45.8 Å². The van der Waals surface area contributed by atoms with Crippen LogP contribution in [-0.2, 0) is 21.2 Å². The van der Waals surface area contributed by atoms with Crippen molar-refractivity contribution < 1.29 is 19.5 Å². The molecule has 2 atom stereocenters. The van der Waals surface area contributed by atoms with Crippen LogP contribution in [0.25, 0.3) is 0 Å². The molecular weight excluding hydrogens is 466 g/mol. The normalized spacial score (nSPS) is 20.0. The van der Waals surface area contributed by atoms with Gasteiger partial charge in [0.25, 0.3) is 0 Å². The van der Waals surface area contributed by atoms with E-state index in [-0.39, 0.29) is 18.0 Å². The van der Waals surface area contributed by atoms with Crippen LogP contribution in [0.1, 0.15) is 87.1 Å². The fourth-order valence-electron chi connectivity index (χ4n) is 5.21. The number of piperidine rings is 1. The van der Waals surface area contributed by atoms with Crippen LogP contribution in [0, 0.1) is 11.8 Å². The summed E-state index contributed by atoms with van der Waals surface area (Å²) in [6.07, 6.45) is 5.79. The van der Waals surface area contributed by atoms with Gasteiger partial charge in [-0.3, -0.25) is 4.79 Å². The molecular formula is C30H48N3O4. The van der Waals surface area contributed by atoms with Crippen molar-refractivity contribution in [1.82, 2.24) is 15.7 Å². The van der Waals surface area contributed by atoms with Gasteiger partial charge < -0.3 is 15.4 Å². The minimum absolute atomic E-state index is 0.0726. The molecule has 1 aliphatic heterocycles. The summed E-state index contributed by atoms with van der Waals surface area (Å²) >= 11 is 0. The third kappa shape index (κ3) is 10.1. The maximum Gasteiger partial charge on any atom is 0.408 e. The number of hydroxylamine groups is 2. The summed E-state index contributed by atoms with van der Waals surface area (Å²) in [5.41, 5.74) is -0.663. The number of rotatable bonds is 9. The molecule has 0 saturated carbocycles. The zero-order chi connectivity index (χ0) is 28.0. The Bertz CT molecular complexity index is 901. The third-order valence-electron chi connectivity index (χ3n) is 6.58. The fourth-order valence-corrected chi connectivity index (χ4v) is 5.21. The average Bonchev–Trinajstić information content (AvgIpc) is 2.73. The van der Waals surface area contributed by atoms with Gasteiger partial charge >= 0.3 is 6.09 Å². The first-order valence-electron chi connectivity index (χ1n) is 13.5. The topological polar surface area (TPSA) is 90.6 Å². The lowest BCUT2D eigenvalue weighted by atomic mass is 9.78. The Labute approximate surface area is 224 Å². The van der Waals surface area contributed by atoms with Crippen LogP contribution < -0.4 is 10.6 Å². The van der Waals surface area contributed by atoms with Crippen LogP contribution in [0.3, 0.4) is 0 Å². The molecule has 1 heterocycles. The van der Waals surface area contributed by atoms with Gasteiger partial charge in [0.15, 0.2) is 0 Å². The second-order valence-corrected chi connectivity index (χ2v) is 13.1. The summed E-state index contributed by atoms with van der Waals surface area (Å²) in [4.78, 5) is 26.1. The molecule has 1 unspecified atom stereocenters. The lowest BCUT2D eigenvalue weighted by Gasteiger charge is -2.50. The average molecular weight is 515 g/mol. The fraction of sp³-hybridized carbons (Fsp3) is 0.667. The summed E-state index contributed by atoms with van der Waals surface area (Å²) in [6.45, 7) is 17.4. The molecule has 2 amide bonds. The van der Waals surface area contributed by atoms with E-state index >= 15 is 0 Å². The highest BCUT2D eigenvalue weighted by atomic mass is 16.6. The monoisotopic (exact) mass is 514 g/mol. The van der Waals surface area contributed by atoms with Crippen molar-refractivity contribution in [2.75, 3.05) is 0 Å². The summed E-state index contributed by atoms with van der Waals surface area (Å²) in [6, 6.07) is 9.56. The Hall–Kier alpha value is -2.38. The van der Waals surface area contributed by atoms with E-state index in [2.05, 4.69) is 24.5 Å². The number of ether oxygens (including phenoxy) is 1. The Kier molecular flexibility index (Phi) is 10.4. The summed E-state index contributed by atoms with van der Waals surface area (Å²) in [7, 11) is 0. The third-order valence-corrected chi connectivity index (χ3v) is 6.58. The number of hydrogen-bond donors (Lipinski definition) is 2. The predicted octanol–water partition coefficient (Wildman–Crippen LogP) is 5.82. The first kappa shape index (κ1) is 30.8. The lowest BCUT2D eigenvalue weighted by Crippen LogP contribution is -2.62. The predicted molar refractivity (Wildman–Crippen MR) is 147 cm³/mol. The smallest absolute Gasteiger partial charge is 0.408 e. The van der Waals surface area contributed by atoms with Gasteiger partial charge in [0, 0.05) is 17.1 Å². The Balaban J connectivity index is 2.24. The summed E-state index contributed by atoms with van der Waals surface area (Å²) in [5, 5.41) is 20.1. The van der Waals surface area contributed by atoms with Gasteiger partial charge in [0.1, 0.15) is 5.60 Å². The van der Waals surface area contributed by atoms with Crippen LogP contribution >= 0.6 is 0 Å². The van der Waals surface area contributed by atoms with E-state index in [4.69, 9.17) is 4.74 Å². The van der Waals surface area contributed by atoms with Gasteiger partial charge in [-0.05, 0) is 85.6 Å². The molecule has 0 aromatic heterocycles. The first-order chi connectivity index (χ1) is 17.0. The van der Waals surface area contributed by atoms with E-state index in [0.717, 1.165) is 12.0 Å². The number of nitrogens with zero attached hydrogens (tertiary/aromatic N) is 1. The minimum atomic E-state index is -0.590. The number of amides is 2. The molecule has 1 aromatic rings. The van der Waals surface area contributed by atoms with E-state index in [1.807, 2.05) is 91.0 Å². The second-order valence-electron chi connectivity index (χ2n) is 13.1. The zero-order valence-corrected chi connectivity index (χ0v) is 24.3. The van der Waals surface area contributed by atoms with Gasteiger partial charge in [-0.15, -0.1) is 10.3 Å². The van der Waals surface area contributed by atoms with Crippen molar-refractivity contribution in [3.63, 3.8) is 0 Å². The molecule has 1 aliphatic rings. The molecule has 1 radical (unpaired) electrons. The Morgan fingerprint density at radius 3 is 2.14 bits per heavy atom. The van der Waals surface area contributed by atoms with E-state index in [1.165, 1.54) is 5.06 Å². The highest BCUT2D eigenvalue weighted by Crippen LogP contribution is 2.37. The molecule has 0 bridgehead atoms. The van der Waals surface area contributed by atoms with Gasteiger partial charge in [-0.25, -0.2) is 4.79 Å². The molecule has 1 aromatic carbocycles. The van der Waals surface area contributed by atoms with E-state index in [9.17, 15) is 14.8 Å². The lowest BCUT2D eigenvalue weighted by molar-refractivity contribution is -0.290. The highest BCUT2D eigenvalue weighted by Gasteiger charge is 2.46. The molecule has 0 aliphatic carbocycles. The second kappa shape index (κ2) is 12.4. The molecule has 2 rings (SSSR count). The maximum atomic E-state index is 13.6. The molecule has 1 fully saturated rings. The van der Waals surface area contributed by atoms with Crippen LogP contribution in [0.15, 0.2) is 42.5 Å². The number of benzene rings is 1. The van der Waals surface area contributed by atoms with Gasteiger partial charge in [0.05, 0.1) is 12.0 Å². The van der Waals surface area contributed by atoms with Crippen molar-refractivity contribution in [2.45, 2.75) is 117 Å². The molecule has 207 valence electrons. The number of nitrogens with one attached hydrogen (secondary N) is 2. The maximum absolute atomic E-state index is 13.6. The van der Waals surface area contributed by atoms with E-state index in [1.54, 1.807) is 0 Å². The standard InChI is InChI=1S/C30H48N3O4/c1-21(2)17-24(32-27(35)37-28(3,4)5)16-15-23(18-22-13-11-10-12-14-22)26(34)31-25-19-29(6,7)33(36)30(8,9)20-25/h10-16,21,23-25H,17-20H2,1-9H3,(H,31,34)(H,32,35)/b16-15+/t23?,24-/m1/s1. The summed E-state index contributed by atoms with van der Waals surface area (Å²) < 4.78 is 5.46. The summed E-state index contributed by atoms with van der Waals surface area (Å²) in [5.74, 6) is -0.154. The van der Waals surface area contributed by atoms with Crippen LogP contribution in [0.5, 0.6) is 0 Å². The zero-order valence-electron chi connectivity index (χ0n) is 24.3. The molecule has 7 nitrogen and oxygen atoms in total. The van der Waals surface area contributed by atoms with Gasteiger partial charge in [-0.2, -0.15) is 0 Å². The van der Waals surface area contributed by atoms with Gasteiger partial charge in [-0.1, -0.05) is 56.3 Å². The molecule has 2 N–H and O–H groups in total. The van der Waals surface area contributed by atoms with E-state index < -0.39 is 28.7 Å². The Morgan fingerprint density at radius 1 is 1.05 bits per heavy atom. The van der Waals surface area contributed by atoms with Crippen molar-refractivity contribution in [3.05, 3.63) is 48.0 Å². The number of hydrogen-bond acceptors (Lipinski definition) is 4. The van der Waals surface area contributed by atoms with Crippen LogP contribution in [0.4, 0.5) is 4.79 Å². The number of alkyl carbamates (subject to hydrolysis) is 1. The molecule has 1 saturated heterocycles.